The Labute approximate surface area is 97.6 Å². The predicted octanol–water partition coefficient (Wildman–Crippen LogP) is 1.03. The number of carbonyl (C=O) groups is 1. The summed E-state index contributed by atoms with van der Waals surface area (Å²) in [5, 5.41) is 9.07. The molecule has 16 heavy (non-hydrogen) atoms. The zero-order valence-corrected chi connectivity index (χ0v) is 10.2. The third-order valence-electron chi connectivity index (χ3n) is 2.97. The van der Waals surface area contributed by atoms with E-state index in [0.717, 1.165) is 38.8 Å². The summed E-state index contributed by atoms with van der Waals surface area (Å²) in [6.07, 6.45) is 4.11. The number of esters is 1. The number of aliphatic hydroxyl groups excluding tert-OH is 1. The maximum absolute atomic E-state index is 11.5. The first-order valence-corrected chi connectivity index (χ1v) is 6.25. The summed E-state index contributed by atoms with van der Waals surface area (Å²) in [6.45, 7) is 4.97. The molecule has 1 aliphatic heterocycles. The Kier molecular flexibility index (Phi) is 6.42. The third-order valence-corrected chi connectivity index (χ3v) is 2.97. The maximum atomic E-state index is 11.5. The smallest absolute Gasteiger partial charge is 0.320 e. The Morgan fingerprint density at radius 3 is 3.06 bits per heavy atom. The Hall–Kier alpha value is -0.610. The third kappa shape index (κ3) is 4.94. The van der Waals surface area contributed by atoms with Crippen LogP contribution in [0.15, 0.2) is 0 Å². The van der Waals surface area contributed by atoms with Gasteiger partial charge < -0.3 is 9.84 Å². The molecule has 1 atom stereocenters. The molecule has 0 aromatic rings. The fourth-order valence-electron chi connectivity index (χ4n) is 2.00. The van der Waals surface area contributed by atoms with Crippen molar-refractivity contribution in [3.05, 3.63) is 0 Å². The van der Waals surface area contributed by atoms with Crippen molar-refractivity contribution in [1.82, 2.24) is 4.90 Å². The molecule has 0 aliphatic carbocycles. The quantitative estimate of drug-likeness (QED) is 0.546. The van der Waals surface area contributed by atoms with E-state index in [0.29, 0.717) is 19.1 Å². The number of piperidine rings is 1. The van der Waals surface area contributed by atoms with E-state index in [4.69, 9.17) is 9.84 Å². The largest absolute Gasteiger partial charge is 0.465 e. The van der Waals surface area contributed by atoms with Gasteiger partial charge in [0.15, 0.2) is 0 Å². The first kappa shape index (κ1) is 13.5. The van der Waals surface area contributed by atoms with Gasteiger partial charge in [0, 0.05) is 13.2 Å². The summed E-state index contributed by atoms with van der Waals surface area (Å²) in [4.78, 5) is 13.5. The van der Waals surface area contributed by atoms with Gasteiger partial charge in [-0.1, -0.05) is 13.3 Å². The second kappa shape index (κ2) is 7.63. The minimum atomic E-state index is -0.132. The summed E-state index contributed by atoms with van der Waals surface area (Å²) < 4.78 is 5.11. The van der Waals surface area contributed by atoms with Gasteiger partial charge in [-0.3, -0.25) is 9.69 Å². The molecular formula is C12H23NO3. The van der Waals surface area contributed by atoms with Crippen molar-refractivity contribution < 1.29 is 14.6 Å². The summed E-state index contributed by atoms with van der Waals surface area (Å²) in [5.74, 6) is 0.198. The molecule has 0 aromatic carbocycles. The molecule has 1 unspecified atom stereocenters. The minimum absolute atomic E-state index is 0.132. The molecule has 0 aromatic heterocycles. The lowest BCUT2D eigenvalue weighted by Crippen LogP contribution is -2.40. The molecule has 1 fully saturated rings. The van der Waals surface area contributed by atoms with Gasteiger partial charge in [-0.2, -0.15) is 0 Å². The van der Waals surface area contributed by atoms with Crippen molar-refractivity contribution in [3.8, 4) is 0 Å². The van der Waals surface area contributed by atoms with Crippen molar-refractivity contribution >= 4 is 5.97 Å². The zero-order valence-electron chi connectivity index (χ0n) is 10.2. The fraction of sp³-hybridized carbons (Fsp3) is 0.917. The average molecular weight is 229 g/mol. The molecule has 0 saturated carbocycles. The van der Waals surface area contributed by atoms with Crippen molar-refractivity contribution in [2.45, 2.75) is 32.6 Å². The van der Waals surface area contributed by atoms with Crippen LogP contribution in [0.4, 0.5) is 0 Å². The highest BCUT2D eigenvalue weighted by atomic mass is 16.5. The van der Waals surface area contributed by atoms with Gasteiger partial charge >= 0.3 is 5.97 Å². The molecule has 1 N–H and O–H groups in total. The van der Waals surface area contributed by atoms with E-state index in [1.165, 1.54) is 0 Å². The SMILES string of the molecule is CCCCOC(=O)CN1CCCC(CO)C1. The van der Waals surface area contributed by atoms with Crippen LogP contribution in [0, 0.1) is 5.92 Å². The molecule has 0 amide bonds. The molecule has 1 aliphatic rings. The Bertz CT molecular complexity index is 208. The van der Waals surface area contributed by atoms with E-state index < -0.39 is 0 Å². The van der Waals surface area contributed by atoms with Crippen LogP contribution in [-0.2, 0) is 9.53 Å². The van der Waals surface area contributed by atoms with E-state index in [1.807, 2.05) is 0 Å². The highest BCUT2D eigenvalue weighted by molar-refractivity contribution is 5.71. The molecule has 0 bridgehead atoms. The summed E-state index contributed by atoms with van der Waals surface area (Å²) in [6, 6.07) is 0. The van der Waals surface area contributed by atoms with Crippen molar-refractivity contribution in [2.24, 2.45) is 5.92 Å². The molecule has 1 heterocycles. The predicted molar refractivity (Wildman–Crippen MR) is 62.1 cm³/mol. The van der Waals surface area contributed by atoms with E-state index in [2.05, 4.69) is 11.8 Å². The zero-order chi connectivity index (χ0) is 11.8. The average Bonchev–Trinajstić information content (AvgIpc) is 2.29. The molecule has 1 rings (SSSR count). The first-order valence-electron chi connectivity index (χ1n) is 6.25. The van der Waals surface area contributed by atoms with Crippen molar-refractivity contribution in [2.75, 3.05) is 32.8 Å². The van der Waals surface area contributed by atoms with Crippen LogP contribution in [-0.4, -0.2) is 48.8 Å². The highest BCUT2D eigenvalue weighted by Crippen LogP contribution is 2.15. The number of nitrogens with zero attached hydrogens (tertiary/aromatic N) is 1. The Morgan fingerprint density at radius 2 is 2.38 bits per heavy atom. The molecule has 0 spiro atoms. The number of hydrogen-bond donors (Lipinski definition) is 1. The van der Waals surface area contributed by atoms with Crippen LogP contribution in [0.1, 0.15) is 32.6 Å². The summed E-state index contributed by atoms with van der Waals surface area (Å²) in [5.41, 5.74) is 0. The van der Waals surface area contributed by atoms with Gasteiger partial charge in [-0.05, 0) is 31.7 Å². The molecule has 4 nitrogen and oxygen atoms in total. The Balaban J connectivity index is 2.17. The lowest BCUT2D eigenvalue weighted by Gasteiger charge is -2.30. The van der Waals surface area contributed by atoms with Gasteiger partial charge in [0.1, 0.15) is 0 Å². The van der Waals surface area contributed by atoms with Crippen LogP contribution in [0.3, 0.4) is 0 Å². The van der Waals surface area contributed by atoms with Gasteiger partial charge in [0.25, 0.3) is 0 Å². The van der Waals surface area contributed by atoms with Crippen molar-refractivity contribution in [3.63, 3.8) is 0 Å². The number of unbranched alkanes of at least 4 members (excludes halogenated alkanes) is 1. The first-order chi connectivity index (χ1) is 7.76. The lowest BCUT2D eigenvalue weighted by molar-refractivity contribution is -0.145. The standard InChI is InChI=1S/C12H23NO3/c1-2-3-7-16-12(15)9-13-6-4-5-11(8-13)10-14/h11,14H,2-10H2,1H3. The second-order valence-corrected chi connectivity index (χ2v) is 4.50. The number of aliphatic hydroxyl groups is 1. The number of likely N-dealkylation sites (tertiary alicyclic amines) is 1. The van der Waals surface area contributed by atoms with E-state index in [9.17, 15) is 4.79 Å². The van der Waals surface area contributed by atoms with Crippen LogP contribution >= 0.6 is 0 Å². The molecule has 0 radical (unpaired) electrons. The van der Waals surface area contributed by atoms with Gasteiger partial charge in [-0.25, -0.2) is 0 Å². The highest BCUT2D eigenvalue weighted by Gasteiger charge is 2.21. The van der Waals surface area contributed by atoms with Crippen LogP contribution in [0.5, 0.6) is 0 Å². The number of rotatable bonds is 6. The van der Waals surface area contributed by atoms with Gasteiger partial charge in [0.05, 0.1) is 13.2 Å². The van der Waals surface area contributed by atoms with Crippen LogP contribution < -0.4 is 0 Å². The van der Waals surface area contributed by atoms with E-state index in [-0.39, 0.29) is 12.6 Å². The second-order valence-electron chi connectivity index (χ2n) is 4.50. The summed E-state index contributed by atoms with van der Waals surface area (Å²) in [7, 11) is 0. The summed E-state index contributed by atoms with van der Waals surface area (Å²) >= 11 is 0. The fourth-order valence-corrected chi connectivity index (χ4v) is 2.00. The molecule has 1 saturated heterocycles. The molecular weight excluding hydrogens is 206 g/mol. The topological polar surface area (TPSA) is 49.8 Å². The monoisotopic (exact) mass is 229 g/mol. The van der Waals surface area contributed by atoms with Gasteiger partial charge in [0.2, 0.25) is 0 Å². The number of ether oxygens (including phenoxy) is 1. The molecule has 94 valence electrons. The minimum Gasteiger partial charge on any atom is -0.465 e. The maximum Gasteiger partial charge on any atom is 0.320 e. The van der Waals surface area contributed by atoms with Crippen molar-refractivity contribution in [1.29, 1.82) is 0 Å². The van der Waals surface area contributed by atoms with E-state index >= 15 is 0 Å². The van der Waals surface area contributed by atoms with E-state index in [1.54, 1.807) is 0 Å². The van der Waals surface area contributed by atoms with Crippen LogP contribution in [0.25, 0.3) is 0 Å². The Morgan fingerprint density at radius 1 is 1.56 bits per heavy atom. The van der Waals surface area contributed by atoms with Gasteiger partial charge in [-0.15, -0.1) is 0 Å². The van der Waals surface area contributed by atoms with Crippen LogP contribution in [0.2, 0.25) is 0 Å². The number of hydrogen-bond acceptors (Lipinski definition) is 4. The molecule has 4 heteroatoms. The lowest BCUT2D eigenvalue weighted by atomic mass is 9.99. The number of carbonyl (C=O) groups excluding carboxylic acids is 1. The normalized spacial score (nSPS) is 22.0.